The van der Waals surface area contributed by atoms with Crippen LogP contribution in [0.1, 0.15) is 40.4 Å². The number of amides is 1. The summed E-state index contributed by atoms with van der Waals surface area (Å²) >= 11 is 6.04. The van der Waals surface area contributed by atoms with Crippen molar-refractivity contribution in [1.82, 2.24) is 15.1 Å². The van der Waals surface area contributed by atoms with E-state index in [1.54, 1.807) is 0 Å². The third-order valence-electron chi connectivity index (χ3n) is 4.28. The quantitative estimate of drug-likeness (QED) is 0.894. The summed E-state index contributed by atoms with van der Waals surface area (Å²) in [5.74, 6) is 0.392. The average Bonchev–Trinajstić information content (AvgIpc) is 2.87. The van der Waals surface area contributed by atoms with Crippen LogP contribution in [-0.4, -0.2) is 34.1 Å². The summed E-state index contributed by atoms with van der Waals surface area (Å²) in [4.78, 5) is 14.4. The topological polar surface area (TPSA) is 75.0 Å². The molecule has 0 radical (unpaired) electrons. The summed E-state index contributed by atoms with van der Waals surface area (Å²) in [6.07, 6.45) is 2.07. The highest BCUT2D eigenvalue weighted by Crippen LogP contribution is 2.30. The molecular formula is C16H19ClN4O. The molecular weight excluding hydrogens is 300 g/mol. The van der Waals surface area contributed by atoms with Crippen molar-refractivity contribution in [1.29, 1.82) is 0 Å². The highest BCUT2D eigenvalue weighted by molar-refractivity contribution is 6.35. The summed E-state index contributed by atoms with van der Waals surface area (Å²) in [6, 6.07) is 8.35. The molecule has 1 fully saturated rings. The number of carbonyl (C=O) groups excluding carboxylic acids is 1. The van der Waals surface area contributed by atoms with Crippen LogP contribution in [0.25, 0.3) is 0 Å². The Morgan fingerprint density at radius 3 is 2.91 bits per heavy atom. The first kappa shape index (κ1) is 14.9. The number of aromatic amines is 1. The average molecular weight is 319 g/mol. The normalized spacial score (nSPS) is 18.5. The van der Waals surface area contributed by atoms with E-state index in [0.29, 0.717) is 12.5 Å². The molecule has 3 N–H and O–H groups in total. The van der Waals surface area contributed by atoms with Crippen LogP contribution in [0.5, 0.6) is 0 Å². The zero-order chi connectivity index (χ0) is 15.7. The van der Waals surface area contributed by atoms with Crippen LogP contribution >= 0.6 is 11.6 Å². The Morgan fingerprint density at radius 1 is 1.45 bits per heavy atom. The Hall–Kier alpha value is -2.01. The molecule has 2 heterocycles. The number of aromatic nitrogens is 2. The Morgan fingerprint density at radius 2 is 2.23 bits per heavy atom. The van der Waals surface area contributed by atoms with Crippen molar-refractivity contribution in [3.05, 3.63) is 46.1 Å². The lowest BCUT2D eigenvalue weighted by Crippen LogP contribution is -2.39. The molecule has 0 saturated carbocycles. The molecule has 0 aliphatic carbocycles. The number of H-pyrrole nitrogens is 1. The Bertz CT molecular complexity index is 697. The van der Waals surface area contributed by atoms with E-state index < -0.39 is 0 Å². The predicted octanol–water partition coefficient (Wildman–Crippen LogP) is 2.97. The zero-order valence-electron chi connectivity index (χ0n) is 12.5. The van der Waals surface area contributed by atoms with E-state index in [1.807, 2.05) is 11.0 Å². The molecule has 1 saturated heterocycles. The van der Waals surface area contributed by atoms with Crippen molar-refractivity contribution in [2.75, 3.05) is 18.8 Å². The molecule has 3 rings (SSSR count). The molecule has 22 heavy (non-hydrogen) atoms. The molecule has 0 unspecified atom stereocenters. The number of rotatable bonds is 2. The molecule has 2 aromatic rings. The molecule has 1 aliphatic heterocycles. The first-order chi connectivity index (χ1) is 10.6. The largest absolute Gasteiger partial charge is 0.381 e. The minimum Gasteiger partial charge on any atom is -0.381 e. The maximum Gasteiger partial charge on any atom is 0.273 e. The van der Waals surface area contributed by atoms with Gasteiger partial charge in [0.25, 0.3) is 5.91 Å². The fraction of sp³-hybridized carbons (Fsp3) is 0.375. The van der Waals surface area contributed by atoms with Gasteiger partial charge in [-0.15, -0.1) is 0 Å². The lowest BCUT2D eigenvalue weighted by atomic mass is 9.88. The van der Waals surface area contributed by atoms with Crippen LogP contribution in [0.4, 0.5) is 5.82 Å². The molecule has 0 spiro atoms. The van der Waals surface area contributed by atoms with E-state index >= 15 is 0 Å². The molecule has 1 aromatic heterocycles. The van der Waals surface area contributed by atoms with E-state index in [2.05, 4.69) is 35.3 Å². The van der Waals surface area contributed by atoms with Gasteiger partial charge >= 0.3 is 0 Å². The van der Waals surface area contributed by atoms with Gasteiger partial charge in [0.05, 0.1) is 0 Å². The highest BCUT2D eigenvalue weighted by Gasteiger charge is 2.28. The van der Waals surface area contributed by atoms with Crippen LogP contribution in [0.15, 0.2) is 24.3 Å². The molecule has 1 amide bonds. The second kappa shape index (κ2) is 6.01. The van der Waals surface area contributed by atoms with Crippen molar-refractivity contribution in [3.8, 4) is 0 Å². The van der Waals surface area contributed by atoms with Gasteiger partial charge in [0.1, 0.15) is 10.7 Å². The minimum absolute atomic E-state index is 0.132. The molecule has 1 atom stereocenters. The van der Waals surface area contributed by atoms with Gasteiger partial charge in [-0.25, -0.2) is 0 Å². The zero-order valence-corrected chi connectivity index (χ0v) is 13.2. The van der Waals surface area contributed by atoms with E-state index in [-0.39, 0.29) is 22.4 Å². The number of anilines is 1. The van der Waals surface area contributed by atoms with Crippen LogP contribution in [0, 0.1) is 6.92 Å². The van der Waals surface area contributed by atoms with Crippen molar-refractivity contribution < 1.29 is 4.79 Å². The number of likely N-dealkylation sites (tertiary alicyclic amines) is 1. The third-order valence-corrected chi connectivity index (χ3v) is 4.67. The summed E-state index contributed by atoms with van der Waals surface area (Å²) in [6.45, 7) is 3.54. The number of nitrogens with zero attached hydrogens (tertiary/aromatic N) is 2. The van der Waals surface area contributed by atoms with Gasteiger partial charge in [-0.1, -0.05) is 35.9 Å². The van der Waals surface area contributed by atoms with E-state index in [1.165, 1.54) is 11.1 Å². The van der Waals surface area contributed by atoms with E-state index in [4.69, 9.17) is 17.3 Å². The van der Waals surface area contributed by atoms with Gasteiger partial charge in [0, 0.05) is 19.0 Å². The molecule has 0 bridgehead atoms. The van der Waals surface area contributed by atoms with E-state index in [9.17, 15) is 4.79 Å². The predicted molar refractivity (Wildman–Crippen MR) is 87.1 cm³/mol. The van der Waals surface area contributed by atoms with Crippen LogP contribution in [0.3, 0.4) is 0 Å². The van der Waals surface area contributed by atoms with Crippen molar-refractivity contribution in [2.24, 2.45) is 0 Å². The molecule has 1 aliphatic rings. The highest BCUT2D eigenvalue weighted by atomic mass is 35.5. The number of aryl methyl sites for hydroxylation is 1. The second-order valence-corrected chi connectivity index (χ2v) is 6.12. The standard InChI is InChI=1S/C16H19ClN4O/c1-10-5-2-3-7-12(10)11-6-4-8-21(9-11)16(22)14-13(17)15(18)20-19-14/h2-3,5,7,11H,4,6,8-9H2,1H3,(H3,18,19,20)/t11-/m0/s1. The lowest BCUT2D eigenvalue weighted by molar-refractivity contribution is 0.0701. The number of nitrogen functional groups attached to an aromatic ring is 1. The number of benzene rings is 1. The summed E-state index contributed by atoms with van der Waals surface area (Å²) in [5, 5.41) is 6.65. The Kier molecular flexibility index (Phi) is 4.07. The van der Waals surface area contributed by atoms with Gasteiger partial charge in [0.15, 0.2) is 5.82 Å². The first-order valence-corrected chi connectivity index (χ1v) is 7.80. The maximum atomic E-state index is 12.6. The SMILES string of the molecule is Cc1ccccc1[C@H]1CCCN(C(=O)c2[nH]nc(N)c2Cl)C1. The number of carbonyl (C=O) groups is 1. The van der Waals surface area contributed by atoms with Crippen LogP contribution in [-0.2, 0) is 0 Å². The maximum absolute atomic E-state index is 12.6. The third kappa shape index (κ3) is 2.68. The van der Waals surface area contributed by atoms with Gasteiger partial charge in [-0.2, -0.15) is 5.10 Å². The van der Waals surface area contributed by atoms with Crippen molar-refractivity contribution in [2.45, 2.75) is 25.7 Å². The number of piperidine rings is 1. The monoisotopic (exact) mass is 318 g/mol. The summed E-state index contributed by atoms with van der Waals surface area (Å²) in [5.41, 5.74) is 8.47. The van der Waals surface area contributed by atoms with Gasteiger partial charge in [0.2, 0.25) is 0 Å². The van der Waals surface area contributed by atoms with Crippen LogP contribution in [0.2, 0.25) is 5.02 Å². The minimum atomic E-state index is -0.132. The smallest absolute Gasteiger partial charge is 0.273 e. The Labute approximate surface area is 134 Å². The number of halogens is 1. The van der Waals surface area contributed by atoms with Gasteiger partial charge in [-0.3, -0.25) is 9.89 Å². The molecule has 5 nitrogen and oxygen atoms in total. The lowest BCUT2D eigenvalue weighted by Gasteiger charge is -2.33. The number of hydrogen-bond donors (Lipinski definition) is 2. The molecule has 1 aromatic carbocycles. The number of nitrogens with two attached hydrogens (primary N) is 1. The Balaban J connectivity index is 1.80. The van der Waals surface area contributed by atoms with Crippen LogP contribution < -0.4 is 5.73 Å². The number of hydrogen-bond acceptors (Lipinski definition) is 3. The summed E-state index contributed by atoms with van der Waals surface area (Å²) in [7, 11) is 0. The van der Waals surface area contributed by atoms with Gasteiger partial charge in [-0.05, 0) is 30.9 Å². The fourth-order valence-corrected chi connectivity index (χ4v) is 3.27. The molecule has 116 valence electrons. The second-order valence-electron chi connectivity index (χ2n) is 5.74. The van der Waals surface area contributed by atoms with Crippen molar-refractivity contribution >= 4 is 23.3 Å². The summed E-state index contributed by atoms with van der Waals surface area (Å²) < 4.78 is 0. The first-order valence-electron chi connectivity index (χ1n) is 7.42. The fourth-order valence-electron chi connectivity index (χ4n) is 3.10. The van der Waals surface area contributed by atoms with Gasteiger partial charge < -0.3 is 10.6 Å². The number of nitrogens with one attached hydrogen (secondary N) is 1. The van der Waals surface area contributed by atoms with Crippen molar-refractivity contribution in [3.63, 3.8) is 0 Å². The van der Waals surface area contributed by atoms with E-state index in [0.717, 1.165) is 19.4 Å². The molecule has 6 heteroatoms.